The predicted molar refractivity (Wildman–Crippen MR) is 214 cm³/mol. The molecule has 0 rings (SSSR count). The smallest absolute Gasteiger partial charge is 0.726 e. The maximum Gasteiger partial charge on any atom is 1.00 e. The molecule has 0 aromatic heterocycles. The average molecular weight is 857 g/mol. The molecule has 0 aliphatic carbocycles. The van der Waals surface area contributed by atoms with Gasteiger partial charge in [0.25, 0.3) is 0 Å². The van der Waals surface area contributed by atoms with E-state index >= 15 is 0 Å². The van der Waals surface area contributed by atoms with Gasteiger partial charge >= 0.3 is 59.1 Å². The van der Waals surface area contributed by atoms with E-state index in [9.17, 15) is 35.5 Å². The van der Waals surface area contributed by atoms with Gasteiger partial charge in [-0.05, 0) is 38.5 Å². The van der Waals surface area contributed by atoms with Gasteiger partial charge in [-0.2, -0.15) is 0 Å². The normalized spacial score (nSPS) is 11.6. The Labute approximate surface area is 388 Å². The second-order valence-electron chi connectivity index (χ2n) is 14.9. The Morgan fingerprint density at radius 3 is 0.893 bits per heavy atom. The third kappa shape index (κ3) is 44.2. The van der Waals surface area contributed by atoms with Crippen LogP contribution < -0.4 is 59.1 Å². The second kappa shape index (κ2) is 42.4. The zero-order valence-electron chi connectivity index (χ0n) is 36.2. The van der Waals surface area contributed by atoms with E-state index < -0.39 is 20.8 Å². The van der Waals surface area contributed by atoms with Gasteiger partial charge in [-0.25, -0.2) is 16.8 Å². The van der Waals surface area contributed by atoms with Crippen LogP contribution in [0.2, 0.25) is 0 Å². The van der Waals surface area contributed by atoms with E-state index in [0.717, 1.165) is 89.9 Å². The Bertz CT molecular complexity index is 1030. The first-order valence-electron chi connectivity index (χ1n) is 21.7. The molecule has 12 nitrogen and oxygen atoms in total. The summed E-state index contributed by atoms with van der Waals surface area (Å²) in [6, 6.07) is 0. The molecule has 0 saturated heterocycles. The zero-order chi connectivity index (χ0) is 40.2. The van der Waals surface area contributed by atoms with Gasteiger partial charge < -0.3 is 18.9 Å². The molecule has 0 aromatic carbocycles. The molecule has 0 saturated carbocycles. The number of carbonyl (C=O) groups is 2. The van der Waals surface area contributed by atoms with Gasteiger partial charge in [-0.1, -0.05) is 155 Å². The van der Waals surface area contributed by atoms with Gasteiger partial charge in [-0.15, -0.1) is 0 Å². The summed E-state index contributed by atoms with van der Waals surface area (Å²) < 4.78 is 73.4. The number of carbonyl (C=O) groups excluding carboxylic acids is 2. The minimum Gasteiger partial charge on any atom is -0.726 e. The molecule has 322 valence electrons. The van der Waals surface area contributed by atoms with Crippen LogP contribution in [-0.2, 0) is 38.8 Å². The Hall–Kier alpha value is 0.680. The molecule has 0 heterocycles. The third-order valence-electron chi connectivity index (χ3n) is 9.90. The zero-order valence-corrected chi connectivity index (χ0v) is 41.9. The number of hydrogen-bond donors (Lipinski definition) is 0. The van der Waals surface area contributed by atoms with Crippen LogP contribution >= 0.6 is 0 Å². The molecule has 16 heteroatoms. The van der Waals surface area contributed by atoms with E-state index in [1.54, 1.807) is 9.80 Å². The summed E-state index contributed by atoms with van der Waals surface area (Å²) in [4.78, 5) is 29.5. The summed E-state index contributed by atoms with van der Waals surface area (Å²) in [5.41, 5.74) is 0. The molecule has 0 unspecified atom stereocenters. The molecule has 0 bridgehead atoms. The summed E-state index contributed by atoms with van der Waals surface area (Å²) in [6.07, 6.45) is 30.6. The van der Waals surface area contributed by atoms with Crippen molar-refractivity contribution in [1.82, 2.24) is 9.80 Å². The van der Waals surface area contributed by atoms with Crippen molar-refractivity contribution in [3.8, 4) is 0 Å². The standard InChI is InChI=1S/C40H80N2O10S2.2Na/c1-3-5-7-9-11-13-17-21-25-31-39(43)41(35-29-37-51-53(45,46)47)33-27-23-19-15-16-20-24-28-34-42(36-30-38-52-54(48,49)50)40(44)32-26-22-18-14-12-10-8-6-4-2;;/h3-38H2,1-2H3,(H,45,46,47)(H,48,49,50);;/q;2*+1/p-2. The summed E-state index contributed by atoms with van der Waals surface area (Å²) in [6.45, 7) is 5.94. The van der Waals surface area contributed by atoms with E-state index in [-0.39, 0.29) is 84.1 Å². The van der Waals surface area contributed by atoms with E-state index in [4.69, 9.17) is 0 Å². The second-order valence-corrected chi connectivity index (χ2v) is 17.0. The minimum atomic E-state index is -4.74. The van der Waals surface area contributed by atoms with Gasteiger partial charge in [-0.3, -0.25) is 18.0 Å². The molecule has 0 aliphatic heterocycles. The third-order valence-corrected chi connectivity index (χ3v) is 10.8. The molecule has 0 spiro atoms. The molecule has 2 amide bonds. The fourth-order valence-corrected chi connectivity index (χ4v) is 7.36. The fourth-order valence-electron chi connectivity index (χ4n) is 6.71. The number of amides is 2. The quantitative estimate of drug-likeness (QED) is 0.0384. The van der Waals surface area contributed by atoms with Crippen LogP contribution in [0.5, 0.6) is 0 Å². The predicted octanol–water partition coefficient (Wildman–Crippen LogP) is 3.35. The van der Waals surface area contributed by atoms with Crippen molar-refractivity contribution in [3.05, 3.63) is 0 Å². The molecule has 0 aliphatic rings. The summed E-state index contributed by atoms with van der Waals surface area (Å²) in [5.74, 6) is 0.151. The first-order chi connectivity index (χ1) is 25.9. The van der Waals surface area contributed by atoms with Crippen LogP contribution in [-0.4, -0.2) is 86.9 Å². The Morgan fingerprint density at radius 1 is 0.393 bits per heavy atom. The van der Waals surface area contributed by atoms with Crippen LogP contribution in [0.3, 0.4) is 0 Å². The van der Waals surface area contributed by atoms with Crippen molar-refractivity contribution in [3.63, 3.8) is 0 Å². The summed E-state index contributed by atoms with van der Waals surface area (Å²) in [7, 11) is -9.48. The molecule has 0 atom stereocenters. The number of nitrogens with zero attached hydrogens (tertiary/aromatic N) is 2. The van der Waals surface area contributed by atoms with Crippen LogP contribution in [0.15, 0.2) is 0 Å². The van der Waals surface area contributed by atoms with Crippen LogP contribution in [0.4, 0.5) is 0 Å². The van der Waals surface area contributed by atoms with Gasteiger partial charge in [0.05, 0.1) is 13.2 Å². The first kappa shape index (κ1) is 61.0. The van der Waals surface area contributed by atoms with Crippen molar-refractivity contribution in [1.29, 1.82) is 0 Å². The molecule has 0 N–H and O–H groups in total. The Balaban J connectivity index is -0.0000140. The molecule has 0 aromatic rings. The van der Waals surface area contributed by atoms with E-state index in [2.05, 4.69) is 22.2 Å². The monoisotopic (exact) mass is 856 g/mol. The summed E-state index contributed by atoms with van der Waals surface area (Å²) in [5, 5.41) is 0. The van der Waals surface area contributed by atoms with Crippen LogP contribution in [0.1, 0.15) is 206 Å². The number of unbranched alkanes of at least 4 members (excludes halogenated alkanes) is 23. The summed E-state index contributed by atoms with van der Waals surface area (Å²) >= 11 is 0. The Morgan fingerprint density at radius 2 is 0.625 bits per heavy atom. The molecular formula is C40H78N2Na2O10S2. The number of hydrogen-bond acceptors (Lipinski definition) is 10. The Kier molecular flexibility index (Phi) is 46.1. The molecular weight excluding hydrogens is 779 g/mol. The van der Waals surface area contributed by atoms with Gasteiger partial charge in [0.1, 0.15) is 0 Å². The van der Waals surface area contributed by atoms with Crippen molar-refractivity contribution in [2.24, 2.45) is 0 Å². The van der Waals surface area contributed by atoms with Crippen LogP contribution in [0, 0.1) is 0 Å². The largest absolute Gasteiger partial charge is 1.00 e. The van der Waals surface area contributed by atoms with Crippen molar-refractivity contribution < 1.29 is 103 Å². The first-order valence-corrected chi connectivity index (χ1v) is 24.3. The average Bonchev–Trinajstić information content (AvgIpc) is 3.11. The van der Waals surface area contributed by atoms with Gasteiger partial charge in [0.15, 0.2) is 0 Å². The molecule has 0 radical (unpaired) electrons. The van der Waals surface area contributed by atoms with Gasteiger partial charge in [0, 0.05) is 39.0 Å². The minimum absolute atomic E-state index is 0. The van der Waals surface area contributed by atoms with Crippen LogP contribution in [0.25, 0.3) is 0 Å². The number of rotatable bonds is 41. The molecule has 0 fully saturated rings. The fraction of sp³-hybridized carbons (Fsp3) is 0.950. The van der Waals surface area contributed by atoms with Gasteiger partial charge in [0.2, 0.25) is 32.6 Å². The van der Waals surface area contributed by atoms with Crippen molar-refractivity contribution >= 4 is 32.6 Å². The van der Waals surface area contributed by atoms with Crippen molar-refractivity contribution in [2.45, 2.75) is 206 Å². The van der Waals surface area contributed by atoms with Crippen molar-refractivity contribution in [2.75, 3.05) is 39.4 Å². The van der Waals surface area contributed by atoms with E-state index in [1.165, 1.54) is 77.0 Å². The maximum absolute atomic E-state index is 13.0. The SMILES string of the molecule is CCCCCCCCCCCC(=O)N(CCCCCCCCCCN(CCCOS(=O)(=O)[O-])C(=O)CCCCCCCCCCC)CCCOS(=O)(=O)[O-].[Na+].[Na+]. The topological polar surface area (TPSA) is 173 Å². The van der Waals surface area contributed by atoms with E-state index in [1.807, 2.05) is 0 Å². The molecule has 56 heavy (non-hydrogen) atoms. The maximum atomic E-state index is 13.0. The van der Waals surface area contributed by atoms with E-state index in [0.29, 0.717) is 51.9 Å².